The Morgan fingerprint density at radius 3 is 2.35 bits per heavy atom. The van der Waals surface area contributed by atoms with Gasteiger partial charge in [0.25, 0.3) is 11.7 Å². The zero-order valence-corrected chi connectivity index (χ0v) is 11.3. The van der Waals surface area contributed by atoms with Crippen LogP contribution in [0.2, 0.25) is 0 Å². The van der Waals surface area contributed by atoms with Crippen molar-refractivity contribution in [2.24, 2.45) is 0 Å². The molecular formula is C16H14N2O2. The number of anilines is 3. The fourth-order valence-corrected chi connectivity index (χ4v) is 2.38. The summed E-state index contributed by atoms with van der Waals surface area (Å²) >= 11 is 0. The van der Waals surface area contributed by atoms with Crippen LogP contribution in [0.5, 0.6) is 0 Å². The van der Waals surface area contributed by atoms with Crippen LogP contribution in [0.15, 0.2) is 48.5 Å². The highest BCUT2D eigenvalue weighted by Gasteiger charge is 2.33. The number of hydrogen-bond donors (Lipinski definition) is 0. The lowest BCUT2D eigenvalue weighted by Crippen LogP contribution is -2.24. The summed E-state index contributed by atoms with van der Waals surface area (Å²) in [6, 6.07) is 15.4. The topological polar surface area (TPSA) is 40.6 Å². The minimum Gasteiger partial charge on any atom is -0.345 e. The van der Waals surface area contributed by atoms with Gasteiger partial charge in [-0.25, -0.2) is 0 Å². The second-order valence-electron chi connectivity index (χ2n) is 4.79. The minimum absolute atomic E-state index is 0.434. The van der Waals surface area contributed by atoms with Gasteiger partial charge in [-0.3, -0.25) is 9.59 Å². The second-order valence-corrected chi connectivity index (χ2v) is 4.79. The predicted octanol–water partition coefficient (Wildman–Crippen LogP) is 2.61. The predicted molar refractivity (Wildman–Crippen MR) is 78.7 cm³/mol. The SMILES string of the molecule is CN1C(=O)C(=O)c2ccc(N(C)c3ccccc3)cc21. The van der Waals surface area contributed by atoms with E-state index in [9.17, 15) is 9.59 Å². The molecule has 0 fully saturated rings. The van der Waals surface area contributed by atoms with Gasteiger partial charge in [0.1, 0.15) is 0 Å². The molecule has 2 aromatic carbocycles. The summed E-state index contributed by atoms with van der Waals surface area (Å²) in [5, 5.41) is 0. The molecule has 1 aliphatic heterocycles. The van der Waals surface area contributed by atoms with Crippen LogP contribution in [0.25, 0.3) is 0 Å². The molecule has 4 heteroatoms. The van der Waals surface area contributed by atoms with E-state index in [1.807, 2.05) is 54.4 Å². The molecule has 0 spiro atoms. The third-order valence-electron chi connectivity index (χ3n) is 3.62. The van der Waals surface area contributed by atoms with Crippen molar-refractivity contribution in [3.63, 3.8) is 0 Å². The van der Waals surface area contributed by atoms with Crippen LogP contribution in [0.3, 0.4) is 0 Å². The minimum atomic E-state index is -0.473. The molecule has 2 aromatic rings. The molecule has 0 aliphatic carbocycles. The van der Waals surface area contributed by atoms with E-state index in [4.69, 9.17) is 0 Å². The van der Waals surface area contributed by atoms with Crippen molar-refractivity contribution in [1.82, 2.24) is 0 Å². The molecule has 0 aromatic heterocycles. The summed E-state index contributed by atoms with van der Waals surface area (Å²) in [5.74, 6) is -0.907. The first kappa shape index (κ1) is 12.4. The lowest BCUT2D eigenvalue weighted by atomic mass is 10.1. The molecule has 0 saturated heterocycles. The van der Waals surface area contributed by atoms with Gasteiger partial charge in [-0.1, -0.05) is 18.2 Å². The van der Waals surface area contributed by atoms with Crippen molar-refractivity contribution in [2.75, 3.05) is 23.9 Å². The average molecular weight is 266 g/mol. The Kier molecular flexibility index (Phi) is 2.79. The van der Waals surface area contributed by atoms with Gasteiger partial charge in [0.05, 0.1) is 11.3 Å². The van der Waals surface area contributed by atoms with E-state index in [0.29, 0.717) is 11.3 Å². The van der Waals surface area contributed by atoms with Crippen molar-refractivity contribution in [1.29, 1.82) is 0 Å². The van der Waals surface area contributed by atoms with Crippen molar-refractivity contribution < 1.29 is 9.59 Å². The van der Waals surface area contributed by atoms with Gasteiger partial charge >= 0.3 is 0 Å². The van der Waals surface area contributed by atoms with Gasteiger partial charge in [0, 0.05) is 25.5 Å². The summed E-state index contributed by atoms with van der Waals surface area (Å²) < 4.78 is 0. The van der Waals surface area contributed by atoms with Gasteiger partial charge < -0.3 is 9.80 Å². The highest BCUT2D eigenvalue weighted by molar-refractivity contribution is 6.52. The van der Waals surface area contributed by atoms with Crippen LogP contribution in [-0.2, 0) is 4.79 Å². The molecule has 0 unspecified atom stereocenters. The number of rotatable bonds is 2. The van der Waals surface area contributed by atoms with Crippen LogP contribution < -0.4 is 9.80 Å². The number of nitrogens with zero attached hydrogens (tertiary/aromatic N) is 2. The highest BCUT2D eigenvalue weighted by Crippen LogP contribution is 2.33. The first-order valence-electron chi connectivity index (χ1n) is 6.35. The van der Waals surface area contributed by atoms with Crippen LogP contribution in [0.1, 0.15) is 10.4 Å². The van der Waals surface area contributed by atoms with Crippen LogP contribution >= 0.6 is 0 Å². The van der Waals surface area contributed by atoms with E-state index in [1.54, 1.807) is 13.1 Å². The first-order chi connectivity index (χ1) is 9.59. The zero-order chi connectivity index (χ0) is 14.3. The number of Topliss-reactive ketones (excluding diaryl/α,β-unsaturated/α-hetero) is 1. The summed E-state index contributed by atoms with van der Waals surface area (Å²) in [7, 11) is 3.58. The van der Waals surface area contributed by atoms with E-state index in [0.717, 1.165) is 11.4 Å². The molecule has 1 amide bonds. The van der Waals surface area contributed by atoms with E-state index in [2.05, 4.69) is 0 Å². The molecule has 4 nitrogen and oxygen atoms in total. The summed E-state index contributed by atoms with van der Waals surface area (Å²) in [4.78, 5) is 26.8. The van der Waals surface area contributed by atoms with Crippen LogP contribution in [-0.4, -0.2) is 25.8 Å². The molecule has 0 bridgehead atoms. The van der Waals surface area contributed by atoms with Crippen LogP contribution in [0.4, 0.5) is 17.1 Å². The van der Waals surface area contributed by atoms with Gasteiger partial charge in [0.2, 0.25) is 0 Å². The molecule has 1 aliphatic rings. The van der Waals surface area contributed by atoms with Crippen molar-refractivity contribution in [2.45, 2.75) is 0 Å². The third kappa shape index (κ3) is 1.77. The van der Waals surface area contributed by atoms with Crippen LogP contribution in [0, 0.1) is 0 Å². The molecule has 0 radical (unpaired) electrons. The lowest BCUT2D eigenvalue weighted by molar-refractivity contribution is -0.114. The molecule has 20 heavy (non-hydrogen) atoms. The normalized spacial score (nSPS) is 13.6. The number of hydrogen-bond acceptors (Lipinski definition) is 3. The smallest absolute Gasteiger partial charge is 0.299 e. The number of para-hydroxylation sites is 1. The van der Waals surface area contributed by atoms with E-state index >= 15 is 0 Å². The largest absolute Gasteiger partial charge is 0.345 e. The maximum Gasteiger partial charge on any atom is 0.299 e. The number of fused-ring (bicyclic) bond motifs is 1. The number of ketones is 1. The Bertz CT molecular complexity index is 695. The Labute approximate surface area is 117 Å². The maximum atomic E-state index is 11.8. The molecular weight excluding hydrogens is 252 g/mol. The maximum absolute atomic E-state index is 11.8. The lowest BCUT2D eigenvalue weighted by Gasteiger charge is -2.21. The standard InChI is InChI=1S/C16H14N2O2/c1-17(11-6-4-3-5-7-11)12-8-9-13-14(10-12)18(2)16(20)15(13)19/h3-10H,1-2H3. The van der Waals surface area contributed by atoms with Crippen molar-refractivity contribution >= 4 is 28.8 Å². The fraction of sp³-hybridized carbons (Fsp3) is 0.125. The third-order valence-corrected chi connectivity index (χ3v) is 3.62. The van der Waals surface area contributed by atoms with Crippen molar-refractivity contribution in [3.05, 3.63) is 54.1 Å². The Balaban J connectivity index is 2.02. The molecule has 3 rings (SSSR count). The summed E-state index contributed by atoms with van der Waals surface area (Å²) in [5.41, 5.74) is 3.12. The van der Waals surface area contributed by atoms with Crippen molar-refractivity contribution in [3.8, 4) is 0 Å². The van der Waals surface area contributed by atoms with Gasteiger partial charge in [-0.05, 0) is 30.3 Å². The quantitative estimate of drug-likeness (QED) is 0.784. The summed E-state index contributed by atoms with van der Waals surface area (Å²) in [6.07, 6.45) is 0. The molecule has 100 valence electrons. The van der Waals surface area contributed by atoms with E-state index in [1.165, 1.54) is 4.90 Å². The zero-order valence-electron chi connectivity index (χ0n) is 11.3. The van der Waals surface area contributed by atoms with E-state index < -0.39 is 11.7 Å². The fourth-order valence-electron chi connectivity index (χ4n) is 2.38. The molecule has 1 heterocycles. The average Bonchev–Trinajstić information content (AvgIpc) is 2.72. The number of carbonyl (C=O) groups is 2. The number of benzene rings is 2. The second kappa shape index (κ2) is 4.49. The summed E-state index contributed by atoms with van der Waals surface area (Å²) in [6.45, 7) is 0. The van der Waals surface area contributed by atoms with Gasteiger partial charge in [0.15, 0.2) is 0 Å². The molecule has 0 saturated carbocycles. The molecule has 0 N–H and O–H groups in total. The number of amides is 1. The Morgan fingerprint density at radius 2 is 1.65 bits per heavy atom. The van der Waals surface area contributed by atoms with Gasteiger partial charge in [-0.15, -0.1) is 0 Å². The highest BCUT2D eigenvalue weighted by atomic mass is 16.2. The molecule has 0 atom stereocenters. The number of likely N-dealkylation sites (N-methyl/N-ethyl adjacent to an activating group) is 1. The monoisotopic (exact) mass is 266 g/mol. The first-order valence-corrected chi connectivity index (χ1v) is 6.35. The Hall–Kier alpha value is -2.62. The van der Waals surface area contributed by atoms with E-state index in [-0.39, 0.29) is 0 Å². The Morgan fingerprint density at radius 1 is 0.950 bits per heavy atom. The number of carbonyl (C=O) groups excluding carboxylic acids is 2. The van der Waals surface area contributed by atoms with Gasteiger partial charge in [-0.2, -0.15) is 0 Å².